The van der Waals surface area contributed by atoms with Crippen molar-refractivity contribution in [2.75, 3.05) is 33.4 Å². The number of hydrogen-bond donors (Lipinski definition) is 2. The van der Waals surface area contributed by atoms with Gasteiger partial charge in [-0.15, -0.1) is 0 Å². The fourth-order valence-electron chi connectivity index (χ4n) is 3.78. The second-order valence-electron chi connectivity index (χ2n) is 6.89. The molecule has 1 aromatic carbocycles. The number of carbonyl (C=O) groups is 2. The van der Waals surface area contributed by atoms with E-state index < -0.39 is 0 Å². The van der Waals surface area contributed by atoms with Gasteiger partial charge in [-0.3, -0.25) is 0 Å². The molecule has 7 nitrogen and oxygen atoms in total. The summed E-state index contributed by atoms with van der Waals surface area (Å²) in [5.74, 6) is 0.0533. The molecule has 26 heavy (non-hydrogen) atoms. The van der Waals surface area contributed by atoms with Crippen molar-refractivity contribution in [3.63, 3.8) is 0 Å². The molecular formula is C19H23N3O4. The van der Waals surface area contributed by atoms with Gasteiger partial charge in [-0.2, -0.15) is 0 Å². The Kier molecular flexibility index (Phi) is 4.55. The first-order valence-electron chi connectivity index (χ1n) is 8.98. The van der Waals surface area contributed by atoms with E-state index in [1.165, 1.54) is 7.11 Å². The third-order valence-electron chi connectivity index (χ3n) is 5.27. The maximum Gasteiger partial charge on any atom is 0.339 e. The second-order valence-corrected chi connectivity index (χ2v) is 6.89. The Balaban J connectivity index is 1.52. The largest absolute Gasteiger partial charge is 0.465 e. The summed E-state index contributed by atoms with van der Waals surface area (Å²) >= 11 is 0. The highest BCUT2D eigenvalue weighted by molar-refractivity contribution is 6.04. The predicted octanol–water partition coefficient (Wildman–Crippen LogP) is 2.06. The quantitative estimate of drug-likeness (QED) is 0.824. The van der Waals surface area contributed by atoms with Crippen LogP contribution >= 0.6 is 0 Å². The Bertz CT molecular complexity index is 839. The van der Waals surface area contributed by atoms with Crippen LogP contribution in [-0.2, 0) is 22.4 Å². The van der Waals surface area contributed by atoms with Gasteiger partial charge < -0.3 is 24.7 Å². The zero-order chi connectivity index (χ0) is 18.1. The number of nitrogens with one attached hydrogen (secondary N) is 2. The van der Waals surface area contributed by atoms with Crippen LogP contribution in [0.1, 0.15) is 28.0 Å². The van der Waals surface area contributed by atoms with E-state index in [2.05, 4.69) is 10.3 Å². The number of H-pyrrole nitrogens is 1. The van der Waals surface area contributed by atoms with Gasteiger partial charge in [-0.05, 0) is 12.5 Å². The third kappa shape index (κ3) is 3.03. The van der Waals surface area contributed by atoms with Gasteiger partial charge in [-0.25, -0.2) is 9.59 Å². The zero-order valence-corrected chi connectivity index (χ0v) is 14.8. The molecule has 138 valence electrons. The minimum atomic E-state index is -0.359. The Morgan fingerprint density at radius 3 is 3.08 bits per heavy atom. The molecule has 2 aliphatic heterocycles. The maximum absolute atomic E-state index is 12.5. The smallest absolute Gasteiger partial charge is 0.339 e. The molecule has 2 N–H and O–H groups in total. The number of benzene rings is 1. The van der Waals surface area contributed by atoms with Gasteiger partial charge in [0, 0.05) is 55.2 Å². The molecule has 2 aliphatic rings. The SMILES string of the molecule is COC(=O)c1cccc2c3c([nH]c12)CCN(C(=O)NC[C@@H]1CCOC1)C3. The lowest BCUT2D eigenvalue weighted by atomic mass is 10.0. The standard InChI is InChI=1S/C19H23N3O4/c1-25-18(23)14-4-2-3-13-15-10-22(7-5-16(15)21-17(13)14)19(24)20-9-12-6-8-26-11-12/h2-4,12,21H,5-11H2,1H3,(H,20,24)/t12-/m0/s1. The lowest BCUT2D eigenvalue weighted by Crippen LogP contribution is -2.44. The van der Waals surface area contributed by atoms with E-state index in [0.29, 0.717) is 31.1 Å². The van der Waals surface area contributed by atoms with Crippen molar-refractivity contribution in [3.8, 4) is 0 Å². The Hall–Kier alpha value is -2.54. The highest BCUT2D eigenvalue weighted by atomic mass is 16.5. The van der Waals surface area contributed by atoms with E-state index >= 15 is 0 Å². The molecular weight excluding hydrogens is 334 g/mol. The summed E-state index contributed by atoms with van der Waals surface area (Å²) in [4.78, 5) is 29.7. The van der Waals surface area contributed by atoms with Crippen LogP contribution in [0.25, 0.3) is 10.9 Å². The first-order chi connectivity index (χ1) is 12.7. The van der Waals surface area contributed by atoms with Gasteiger partial charge in [0.05, 0.1) is 24.8 Å². The summed E-state index contributed by atoms with van der Waals surface area (Å²) in [6.07, 6.45) is 1.74. The van der Waals surface area contributed by atoms with Crippen LogP contribution in [0, 0.1) is 5.92 Å². The summed E-state index contributed by atoms with van der Waals surface area (Å²) in [6, 6.07) is 5.54. The fourth-order valence-corrected chi connectivity index (χ4v) is 3.78. The van der Waals surface area contributed by atoms with Crippen molar-refractivity contribution in [1.82, 2.24) is 15.2 Å². The molecule has 0 saturated carbocycles. The number of esters is 1. The average Bonchev–Trinajstić information content (AvgIpc) is 3.32. The van der Waals surface area contributed by atoms with Gasteiger partial charge in [0.15, 0.2) is 0 Å². The molecule has 1 aromatic heterocycles. The molecule has 1 atom stereocenters. The van der Waals surface area contributed by atoms with Crippen molar-refractivity contribution in [2.45, 2.75) is 19.4 Å². The highest BCUT2D eigenvalue weighted by Crippen LogP contribution is 2.30. The molecule has 0 unspecified atom stereocenters. The first-order valence-corrected chi connectivity index (χ1v) is 8.98. The van der Waals surface area contributed by atoms with Crippen LogP contribution in [0.2, 0.25) is 0 Å². The van der Waals surface area contributed by atoms with E-state index in [9.17, 15) is 9.59 Å². The number of rotatable bonds is 3. The monoisotopic (exact) mass is 357 g/mol. The molecule has 0 aliphatic carbocycles. The Morgan fingerprint density at radius 1 is 1.42 bits per heavy atom. The van der Waals surface area contributed by atoms with E-state index in [1.807, 2.05) is 17.0 Å². The molecule has 3 heterocycles. The molecule has 7 heteroatoms. The van der Waals surface area contributed by atoms with Gasteiger partial charge in [0.1, 0.15) is 0 Å². The summed E-state index contributed by atoms with van der Waals surface area (Å²) in [7, 11) is 1.38. The number of aromatic amines is 1. The van der Waals surface area contributed by atoms with Crippen LogP contribution in [0.3, 0.4) is 0 Å². The minimum Gasteiger partial charge on any atom is -0.465 e. The molecule has 0 spiro atoms. The van der Waals surface area contributed by atoms with Crippen LogP contribution in [0.5, 0.6) is 0 Å². The molecule has 2 aromatic rings. The lowest BCUT2D eigenvalue weighted by Gasteiger charge is -2.28. The number of para-hydroxylation sites is 1. The number of carbonyl (C=O) groups excluding carboxylic acids is 2. The summed E-state index contributed by atoms with van der Waals surface area (Å²) in [5, 5.41) is 4.00. The lowest BCUT2D eigenvalue weighted by molar-refractivity contribution is 0.0602. The van der Waals surface area contributed by atoms with E-state index in [4.69, 9.17) is 9.47 Å². The molecule has 1 saturated heterocycles. The Labute approximate surface area is 151 Å². The van der Waals surface area contributed by atoms with Crippen LogP contribution in [0.15, 0.2) is 18.2 Å². The number of nitrogens with zero attached hydrogens (tertiary/aromatic N) is 1. The third-order valence-corrected chi connectivity index (χ3v) is 5.27. The summed E-state index contributed by atoms with van der Waals surface area (Å²) < 4.78 is 10.2. The van der Waals surface area contributed by atoms with E-state index in [0.717, 1.165) is 48.2 Å². The number of fused-ring (bicyclic) bond motifs is 3. The van der Waals surface area contributed by atoms with Crippen molar-refractivity contribution in [2.24, 2.45) is 5.92 Å². The van der Waals surface area contributed by atoms with Gasteiger partial charge >= 0.3 is 12.0 Å². The zero-order valence-electron chi connectivity index (χ0n) is 14.8. The van der Waals surface area contributed by atoms with Crippen molar-refractivity contribution < 1.29 is 19.1 Å². The van der Waals surface area contributed by atoms with E-state index in [1.54, 1.807) is 6.07 Å². The Morgan fingerprint density at radius 2 is 2.31 bits per heavy atom. The van der Waals surface area contributed by atoms with Crippen LogP contribution in [-0.4, -0.2) is 55.3 Å². The number of methoxy groups -OCH3 is 1. The summed E-state index contributed by atoms with van der Waals surface area (Å²) in [6.45, 7) is 3.35. The topological polar surface area (TPSA) is 83.7 Å². The van der Waals surface area contributed by atoms with Crippen molar-refractivity contribution in [3.05, 3.63) is 35.0 Å². The molecule has 0 radical (unpaired) electrons. The number of amides is 2. The number of hydrogen-bond acceptors (Lipinski definition) is 4. The normalized spacial score (nSPS) is 19.4. The number of aromatic nitrogens is 1. The number of urea groups is 1. The van der Waals surface area contributed by atoms with Crippen LogP contribution < -0.4 is 5.32 Å². The molecule has 1 fully saturated rings. The highest BCUT2D eigenvalue weighted by Gasteiger charge is 2.26. The van der Waals surface area contributed by atoms with Crippen LogP contribution in [0.4, 0.5) is 4.79 Å². The predicted molar refractivity (Wildman–Crippen MR) is 96.1 cm³/mol. The maximum atomic E-state index is 12.5. The first kappa shape index (κ1) is 16.9. The van der Waals surface area contributed by atoms with Gasteiger partial charge in [0.2, 0.25) is 0 Å². The van der Waals surface area contributed by atoms with Gasteiger partial charge in [0.25, 0.3) is 0 Å². The minimum absolute atomic E-state index is 0.0407. The van der Waals surface area contributed by atoms with E-state index in [-0.39, 0.29) is 12.0 Å². The molecule has 2 amide bonds. The molecule has 0 bridgehead atoms. The molecule has 4 rings (SSSR count). The second kappa shape index (κ2) is 6.99. The van der Waals surface area contributed by atoms with Crippen molar-refractivity contribution in [1.29, 1.82) is 0 Å². The van der Waals surface area contributed by atoms with Crippen molar-refractivity contribution >= 4 is 22.9 Å². The van der Waals surface area contributed by atoms with Gasteiger partial charge in [-0.1, -0.05) is 12.1 Å². The fraction of sp³-hybridized carbons (Fsp3) is 0.474. The average molecular weight is 357 g/mol. The summed E-state index contributed by atoms with van der Waals surface area (Å²) in [5.41, 5.74) is 3.48. The number of ether oxygens (including phenoxy) is 2.